The van der Waals surface area contributed by atoms with Gasteiger partial charge in [-0.25, -0.2) is 0 Å². The second-order valence-corrected chi connectivity index (χ2v) is 7.49. The Morgan fingerprint density at radius 2 is 2.00 bits per heavy atom. The highest BCUT2D eigenvalue weighted by atomic mass is 16.1. The van der Waals surface area contributed by atoms with Crippen LogP contribution in [0.5, 0.6) is 0 Å². The minimum atomic E-state index is 0.205. The van der Waals surface area contributed by atoms with Crippen LogP contribution in [0, 0.1) is 11.3 Å². The van der Waals surface area contributed by atoms with E-state index < -0.39 is 0 Å². The Morgan fingerprint density at radius 1 is 1.32 bits per heavy atom. The molecule has 0 spiro atoms. The predicted molar refractivity (Wildman–Crippen MR) is 81.1 cm³/mol. The van der Waals surface area contributed by atoms with Crippen LogP contribution in [0.1, 0.15) is 66.7 Å². The maximum atomic E-state index is 12.1. The van der Waals surface area contributed by atoms with Gasteiger partial charge in [0.05, 0.1) is 0 Å². The first-order chi connectivity index (χ1) is 8.78. The molecule has 0 aromatic rings. The first-order valence-corrected chi connectivity index (χ1v) is 7.80. The summed E-state index contributed by atoms with van der Waals surface area (Å²) < 4.78 is 0. The van der Waals surface area contributed by atoms with Gasteiger partial charge in [-0.3, -0.25) is 4.79 Å². The van der Waals surface area contributed by atoms with Crippen LogP contribution in [0.4, 0.5) is 0 Å². The lowest BCUT2D eigenvalue weighted by atomic mass is 9.84. The van der Waals surface area contributed by atoms with Crippen LogP contribution in [0.25, 0.3) is 0 Å². The SMILES string of the molecule is CC(CC(=O)NC(C)C1CCCCN1)CC(C)(C)C. The van der Waals surface area contributed by atoms with Gasteiger partial charge in [0.1, 0.15) is 0 Å². The smallest absolute Gasteiger partial charge is 0.220 e. The molecule has 112 valence electrons. The fraction of sp³-hybridized carbons (Fsp3) is 0.938. The highest BCUT2D eigenvalue weighted by molar-refractivity contribution is 5.76. The molecule has 1 aliphatic rings. The van der Waals surface area contributed by atoms with E-state index in [-0.39, 0.29) is 11.9 Å². The van der Waals surface area contributed by atoms with Crippen molar-refractivity contribution in [1.82, 2.24) is 10.6 Å². The lowest BCUT2D eigenvalue weighted by Gasteiger charge is -2.30. The number of rotatable bonds is 5. The molecule has 0 aromatic heterocycles. The van der Waals surface area contributed by atoms with Crippen LogP contribution in [0.15, 0.2) is 0 Å². The molecule has 0 aromatic carbocycles. The molecule has 0 aliphatic carbocycles. The molecule has 19 heavy (non-hydrogen) atoms. The molecule has 3 unspecified atom stereocenters. The highest BCUT2D eigenvalue weighted by Crippen LogP contribution is 2.25. The Morgan fingerprint density at radius 3 is 2.53 bits per heavy atom. The van der Waals surface area contributed by atoms with Crippen molar-refractivity contribution in [3.63, 3.8) is 0 Å². The van der Waals surface area contributed by atoms with Crippen LogP contribution in [0.2, 0.25) is 0 Å². The first-order valence-electron chi connectivity index (χ1n) is 7.80. The summed E-state index contributed by atoms with van der Waals surface area (Å²) in [4.78, 5) is 12.1. The van der Waals surface area contributed by atoms with Crippen molar-refractivity contribution in [1.29, 1.82) is 0 Å². The number of amides is 1. The zero-order valence-corrected chi connectivity index (χ0v) is 13.4. The van der Waals surface area contributed by atoms with Crippen LogP contribution in [-0.4, -0.2) is 24.5 Å². The van der Waals surface area contributed by atoms with Crippen molar-refractivity contribution in [3.05, 3.63) is 0 Å². The average Bonchev–Trinajstić information content (AvgIpc) is 2.27. The van der Waals surface area contributed by atoms with Crippen molar-refractivity contribution in [2.75, 3.05) is 6.54 Å². The molecule has 1 aliphatic heterocycles. The molecule has 1 amide bonds. The number of hydrogen-bond donors (Lipinski definition) is 2. The third-order valence-corrected chi connectivity index (χ3v) is 3.84. The van der Waals surface area contributed by atoms with Gasteiger partial charge < -0.3 is 10.6 Å². The summed E-state index contributed by atoms with van der Waals surface area (Å²) in [6, 6.07) is 0.699. The number of hydrogen-bond acceptors (Lipinski definition) is 2. The lowest BCUT2D eigenvalue weighted by Crippen LogP contribution is -2.50. The summed E-state index contributed by atoms with van der Waals surface area (Å²) >= 11 is 0. The van der Waals surface area contributed by atoms with Crippen molar-refractivity contribution in [2.45, 2.75) is 78.8 Å². The van der Waals surface area contributed by atoms with E-state index in [0.29, 0.717) is 23.8 Å². The fourth-order valence-electron chi connectivity index (χ4n) is 3.15. The minimum absolute atomic E-state index is 0.205. The van der Waals surface area contributed by atoms with Gasteiger partial charge in [-0.15, -0.1) is 0 Å². The summed E-state index contributed by atoms with van der Waals surface area (Å²) in [5, 5.41) is 6.67. The fourth-order valence-corrected chi connectivity index (χ4v) is 3.15. The zero-order valence-electron chi connectivity index (χ0n) is 13.4. The topological polar surface area (TPSA) is 41.1 Å². The second-order valence-electron chi connectivity index (χ2n) is 7.49. The van der Waals surface area contributed by atoms with Gasteiger partial charge in [0.15, 0.2) is 0 Å². The summed E-state index contributed by atoms with van der Waals surface area (Å²) in [6.07, 6.45) is 5.46. The van der Waals surface area contributed by atoms with E-state index in [1.165, 1.54) is 19.3 Å². The molecule has 1 heterocycles. The number of piperidine rings is 1. The standard InChI is InChI=1S/C16H32N2O/c1-12(11-16(3,4)5)10-15(19)18-13(2)14-8-6-7-9-17-14/h12-14,17H,6-11H2,1-5H3,(H,18,19). The largest absolute Gasteiger partial charge is 0.352 e. The van der Waals surface area contributed by atoms with Crippen LogP contribution >= 0.6 is 0 Å². The van der Waals surface area contributed by atoms with Gasteiger partial charge in [-0.05, 0) is 44.1 Å². The summed E-state index contributed by atoms with van der Waals surface area (Å²) in [5.41, 5.74) is 0.302. The Labute approximate surface area is 118 Å². The van der Waals surface area contributed by atoms with Crippen molar-refractivity contribution in [2.24, 2.45) is 11.3 Å². The van der Waals surface area contributed by atoms with Gasteiger partial charge in [0, 0.05) is 18.5 Å². The number of carbonyl (C=O) groups is 1. The molecule has 3 nitrogen and oxygen atoms in total. The third kappa shape index (κ3) is 6.95. The number of carbonyl (C=O) groups excluding carboxylic acids is 1. The van der Waals surface area contributed by atoms with E-state index in [1.54, 1.807) is 0 Å². The van der Waals surface area contributed by atoms with Crippen molar-refractivity contribution >= 4 is 5.91 Å². The maximum Gasteiger partial charge on any atom is 0.220 e. The average molecular weight is 268 g/mol. The molecule has 0 bridgehead atoms. The predicted octanol–water partition coefficient (Wildman–Crippen LogP) is 3.10. The van der Waals surface area contributed by atoms with Crippen LogP contribution in [0.3, 0.4) is 0 Å². The summed E-state index contributed by atoms with van der Waals surface area (Å²) in [7, 11) is 0. The van der Waals surface area contributed by atoms with Gasteiger partial charge >= 0.3 is 0 Å². The molecule has 0 radical (unpaired) electrons. The molecule has 1 rings (SSSR count). The molecule has 1 saturated heterocycles. The Hall–Kier alpha value is -0.570. The van der Waals surface area contributed by atoms with Crippen molar-refractivity contribution in [3.8, 4) is 0 Å². The molecule has 0 saturated carbocycles. The van der Waals surface area contributed by atoms with E-state index in [2.05, 4.69) is 45.3 Å². The van der Waals surface area contributed by atoms with E-state index >= 15 is 0 Å². The normalized spacial score (nSPS) is 23.7. The van der Waals surface area contributed by atoms with E-state index in [0.717, 1.165) is 13.0 Å². The van der Waals surface area contributed by atoms with Gasteiger partial charge in [-0.2, -0.15) is 0 Å². The third-order valence-electron chi connectivity index (χ3n) is 3.84. The van der Waals surface area contributed by atoms with E-state index in [4.69, 9.17) is 0 Å². The van der Waals surface area contributed by atoms with E-state index in [9.17, 15) is 4.79 Å². The van der Waals surface area contributed by atoms with Crippen LogP contribution in [-0.2, 0) is 4.79 Å². The summed E-state index contributed by atoms with van der Waals surface area (Å²) in [6.45, 7) is 12.1. The minimum Gasteiger partial charge on any atom is -0.352 e. The molecule has 3 atom stereocenters. The Balaban J connectivity index is 2.29. The molecule has 2 N–H and O–H groups in total. The Kier molecular flexibility index (Phi) is 6.31. The summed E-state index contributed by atoms with van der Waals surface area (Å²) in [5.74, 6) is 0.656. The van der Waals surface area contributed by atoms with Gasteiger partial charge in [0.2, 0.25) is 5.91 Å². The van der Waals surface area contributed by atoms with E-state index in [1.807, 2.05) is 0 Å². The molecule has 1 fully saturated rings. The lowest BCUT2D eigenvalue weighted by molar-refractivity contribution is -0.122. The molecular weight excluding hydrogens is 236 g/mol. The quantitative estimate of drug-likeness (QED) is 0.804. The van der Waals surface area contributed by atoms with Crippen LogP contribution < -0.4 is 10.6 Å². The zero-order chi connectivity index (χ0) is 14.5. The second kappa shape index (κ2) is 7.28. The van der Waals surface area contributed by atoms with Gasteiger partial charge in [0.25, 0.3) is 0 Å². The monoisotopic (exact) mass is 268 g/mol. The maximum absolute atomic E-state index is 12.1. The van der Waals surface area contributed by atoms with Crippen molar-refractivity contribution < 1.29 is 4.79 Å². The van der Waals surface area contributed by atoms with Gasteiger partial charge in [-0.1, -0.05) is 34.1 Å². The first kappa shape index (κ1) is 16.5. The Bertz CT molecular complexity index is 277. The molecular formula is C16H32N2O. The highest BCUT2D eigenvalue weighted by Gasteiger charge is 2.22. The molecule has 3 heteroatoms. The number of nitrogens with one attached hydrogen (secondary N) is 2.